The van der Waals surface area contributed by atoms with Gasteiger partial charge in [0.1, 0.15) is 12.1 Å². The molecule has 0 N–H and O–H groups in total. The van der Waals surface area contributed by atoms with Crippen molar-refractivity contribution in [1.82, 2.24) is 4.90 Å². The second-order valence-electron chi connectivity index (χ2n) is 5.95. The molecule has 1 amide bonds. The number of benzene rings is 1. The predicted octanol–water partition coefficient (Wildman–Crippen LogP) is 2.78. The Hall–Kier alpha value is -2.11. The molecule has 0 spiro atoms. The van der Waals surface area contributed by atoms with Gasteiger partial charge in [0.15, 0.2) is 11.6 Å². The number of hydrogen-bond donors (Lipinski definition) is 0. The zero-order valence-electron chi connectivity index (χ0n) is 14.3. The molecule has 1 aliphatic heterocycles. The lowest BCUT2D eigenvalue weighted by Gasteiger charge is -2.26. The number of likely N-dealkylation sites (tertiary alicyclic amines) is 1. The first-order chi connectivity index (χ1) is 11.5. The molecule has 1 saturated heterocycles. The van der Waals surface area contributed by atoms with Crippen LogP contribution in [0, 0.1) is 11.7 Å². The summed E-state index contributed by atoms with van der Waals surface area (Å²) >= 11 is 0. The fourth-order valence-electron chi connectivity index (χ4n) is 3.08. The highest BCUT2D eigenvalue weighted by Gasteiger charge is 2.42. The molecule has 1 aromatic carbocycles. The largest absolute Gasteiger partial charge is 0.485 e. The minimum atomic E-state index is -0.681. The summed E-state index contributed by atoms with van der Waals surface area (Å²) in [4.78, 5) is 26.3. The zero-order valence-corrected chi connectivity index (χ0v) is 14.3. The van der Waals surface area contributed by atoms with Gasteiger partial charge in [0, 0.05) is 12.3 Å². The monoisotopic (exact) mass is 337 g/mol. The summed E-state index contributed by atoms with van der Waals surface area (Å²) in [6, 6.07) is 5.43. The third-order valence-corrected chi connectivity index (χ3v) is 4.48. The van der Waals surface area contributed by atoms with Gasteiger partial charge >= 0.3 is 5.97 Å². The van der Waals surface area contributed by atoms with E-state index in [0.717, 1.165) is 0 Å². The van der Waals surface area contributed by atoms with E-state index >= 15 is 0 Å². The molecule has 2 rings (SSSR count). The van der Waals surface area contributed by atoms with E-state index in [4.69, 9.17) is 9.47 Å². The molecule has 0 saturated carbocycles. The van der Waals surface area contributed by atoms with Crippen LogP contribution in [0.3, 0.4) is 0 Å². The van der Waals surface area contributed by atoms with Gasteiger partial charge in [-0.3, -0.25) is 4.79 Å². The van der Waals surface area contributed by atoms with Crippen molar-refractivity contribution in [1.29, 1.82) is 0 Å². The van der Waals surface area contributed by atoms with E-state index in [1.807, 2.05) is 13.8 Å². The van der Waals surface area contributed by atoms with E-state index in [0.29, 0.717) is 19.3 Å². The number of ether oxygens (including phenoxy) is 2. The van der Waals surface area contributed by atoms with E-state index in [2.05, 4.69) is 0 Å². The van der Waals surface area contributed by atoms with Gasteiger partial charge in [-0.05, 0) is 25.0 Å². The molecule has 0 aromatic heterocycles. The Morgan fingerprint density at radius 2 is 1.96 bits per heavy atom. The Balaban J connectivity index is 2.16. The predicted molar refractivity (Wildman–Crippen MR) is 87.0 cm³/mol. The molecule has 1 fully saturated rings. The number of hydrogen-bond acceptors (Lipinski definition) is 4. The fourth-order valence-corrected chi connectivity index (χ4v) is 3.08. The molecule has 1 aromatic rings. The maximum atomic E-state index is 13.8. The number of amides is 1. The summed E-state index contributed by atoms with van der Waals surface area (Å²) in [5.41, 5.74) is 0. The first-order valence-electron chi connectivity index (χ1n) is 8.31. The van der Waals surface area contributed by atoms with Crippen LogP contribution in [0.4, 0.5) is 4.39 Å². The lowest BCUT2D eigenvalue weighted by molar-refractivity contribution is -0.152. The van der Waals surface area contributed by atoms with Gasteiger partial charge in [0.25, 0.3) is 0 Å². The second-order valence-corrected chi connectivity index (χ2v) is 5.95. The van der Waals surface area contributed by atoms with Gasteiger partial charge in [0.2, 0.25) is 5.91 Å². The number of methoxy groups -OCH3 is 1. The van der Waals surface area contributed by atoms with Gasteiger partial charge in [-0.1, -0.05) is 26.0 Å². The minimum Gasteiger partial charge on any atom is -0.485 e. The van der Waals surface area contributed by atoms with Crippen LogP contribution in [0.15, 0.2) is 24.3 Å². The van der Waals surface area contributed by atoms with Crippen molar-refractivity contribution >= 4 is 11.9 Å². The molecule has 2 atom stereocenters. The Kier molecular flexibility index (Phi) is 6.17. The highest BCUT2D eigenvalue weighted by Crippen LogP contribution is 2.27. The van der Waals surface area contributed by atoms with Crippen LogP contribution in [-0.4, -0.2) is 42.6 Å². The Bertz CT molecular complexity index is 588. The first kappa shape index (κ1) is 18.2. The third kappa shape index (κ3) is 3.86. The molecular weight excluding hydrogens is 313 g/mol. The summed E-state index contributed by atoms with van der Waals surface area (Å²) in [5.74, 6) is -1.01. The van der Waals surface area contributed by atoms with Crippen molar-refractivity contribution in [2.24, 2.45) is 5.92 Å². The molecular formula is C18H24FNO4. The summed E-state index contributed by atoms with van der Waals surface area (Å²) in [6.07, 6.45) is 1.27. The number of carbonyl (C=O) groups is 2. The molecule has 0 aliphatic carbocycles. The van der Waals surface area contributed by atoms with E-state index in [9.17, 15) is 14.0 Å². The van der Waals surface area contributed by atoms with Crippen molar-refractivity contribution in [3.05, 3.63) is 30.1 Å². The fraction of sp³-hybridized carbons (Fsp3) is 0.556. The second kappa shape index (κ2) is 8.13. The third-order valence-electron chi connectivity index (χ3n) is 4.48. The smallest absolute Gasteiger partial charge is 0.328 e. The lowest BCUT2D eigenvalue weighted by Crippen LogP contribution is -2.44. The molecule has 6 heteroatoms. The molecule has 0 bridgehead atoms. The average molecular weight is 337 g/mol. The van der Waals surface area contributed by atoms with E-state index in [-0.39, 0.29) is 24.1 Å². The van der Waals surface area contributed by atoms with E-state index < -0.39 is 23.9 Å². The Labute approximate surface area is 141 Å². The quantitative estimate of drug-likeness (QED) is 0.749. The van der Waals surface area contributed by atoms with Crippen LogP contribution < -0.4 is 4.74 Å². The molecule has 0 radical (unpaired) electrons. The van der Waals surface area contributed by atoms with Crippen LogP contribution in [0.25, 0.3) is 0 Å². The van der Waals surface area contributed by atoms with Crippen LogP contribution in [0.5, 0.6) is 5.75 Å². The summed E-state index contributed by atoms with van der Waals surface area (Å²) in [5, 5.41) is 0. The van der Waals surface area contributed by atoms with Crippen molar-refractivity contribution < 1.29 is 23.5 Å². The van der Waals surface area contributed by atoms with Gasteiger partial charge in [0.05, 0.1) is 13.7 Å². The number of esters is 1. The highest BCUT2D eigenvalue weighted by atomic mass is 19.1. The van der Waals surface area contributed by atoms with Crippen molar-refractivity contribution in [2.75, 3.05) is 13.7 Å². The van der Waals surface area contributed by atoms with Crippen LogP contribution >= 0.6 is 0 Å². The van der Waals surface area contributed by atoms with Gasteiger partial charge in [-0.25, -0.2) is 9.18 Å². The SMILES string of the molecule is CCC(CC)C(=O)N1CC(Oc2ccccc2F)CC1C(=O)OC. The standard InChI is InChI=1S/C18H24FNO4/c1-4-12(5-2)17(21)20-11-13(10-15(20)18(22)23-3)24-16-9-7-6-8-14(16)19/h6-9,12-13,15H,4-5,10-11H2,1-3H3. The summed E-state index contributed by atoms with van der Waals surface area (Å²) in [7, 11) is 1.30. The topological polar surface area (TPSA) is 55.8 Å². The Morgan fingerprint density at radius 3 is 2.54 bits per heavy atom. The van der Waals surface area contributed by atoms with Crippen molar-refractivity contribution in [3.8, 4) is 5.75 Å². The minimum absolute atomic E-state index is 0.0740. The van der Waals surface area contributed by atoms with Crippen molar-refractivity contribution in [2.45, 2.75) is 45.3 Å². The summed E-state index contributed by atoms with van der Waals surface area (Å²) in [6.45, 7) is 4.15. The van der Waals surface area contributed by atoms with E-state index in [1.54, 1.807) is 12.1 Å². The maximum absolute atomic E-state index is 13.8. The number of nitrogens with zero attached hydrogens (tertiary/aromatic N) is 1. The molecule has 1 aliphatic rings. The molecule has 24 heavy (non-hydrogen) atoms. The van der Waals surface area contributed by atoms with Gasteiger partial charge in [-0.15, -0.1) is 0 Å². The van der Waals surface area contributed by atoms with Gasteiger partial charge in [-0.2, -0.15) is 0 Å². The number of rotatable bonds is 6. The highest BCUT2D eigenvalue weighted by molar-refractivity contribution is 5.86. The number of halogens is 1. The van der Waals surface area contributed by atoms with Crippen LogP contribution in [-0.2, 0) is 14.3 Å². The molecule has 1 heterocycles. The average Bonchev–Trinajstić information content (AvgIpc) is 3.01. The van der Waals surface area contributed by atoms with E-state index in [1.165, 1.54) is 24.1 Å². The van der Waals surface area contributed by atoms with Crippen LogP contribution in [0.1, 0.15) is 33.1 Å². The van der Waals surface area contributed by atoms with Gasteiger partial charge < -0.3 is 14.4 Å². The molecule has 132 valence electrons. The van der Waals surface area contributed by atoms with Crippen LogP contribution in [0.2, 0.25) is 0 Å². The first-order valence-corrected chi connectivity index (χ1v) is 8.31. The molecule has 2 unspecified atom stereocenters. The number of carbonyl (C=O) groups excluding carboxylic acids is 2. The Morgan fingerprint density at radius 1 is 1.29 bits per heavy atom. The normalized spacial score (nSPS) is 20.3. The maximum Gasteiger partial charge on any atom is 0.328 e. The lowest BCUT2D eigenvalue weighted by atomic mass is 10.0. The molecule has 5 nitrogen and oxygen atoms in total. The zero-order chi connectivity index (χ0) is 17.7. The van der Waals surface area contributed by atoms with Crippen molar-refractivity contribution in [3.63, 3.8) is 0 Å². The number of para-hydroxylation sites is 1. The summed E-state index contributed by atoms with van der Waals surface area (Å²) < 4.78 is 24.3.